The molecule has 224 valence electrons. The van der Waals surface area contributed by atoms with Gasteiger partial charge in [0.05, 0.1) is 30.2 Å². The fourth-order valence-electron chi connectivity index (χ4n) is 4.99. The molecule has 3 aromatic rings. The Morgan fingerprint density at radius 2 is 1.79 bits per heavy atom. The molecule has 1 aliphatic rings. The first-order valence-corrected chi connectivity index (χ1v) is 13.9. The monoisotopic (exact) mass is 583 g/mol. The predicted molar refractivity (Wildman–Crippen MR) is 154 cm³/mol. The Bertz CT molecular complexity index is 1370. The van der Waals surface area contributed by atoms with E-state index in [4.69, 9.17) is 4.74 Å². The normalized spacial score (nSPS) is 18.1. The molecule has 0 saturated carbocycles. The van der Waals surface area contributed by atoms with E-state index in [2.05, 4.69) is 5.32 Å². The van der Waals surface area contributed by atoms with Gasteiger partial charge in [0.25, 0.3) is 5.91 Å². The van der Waals surface area contributed by atoms with Crippen molar-refractivity contribution in [3.63, 3.8) is 0 Å². The van der Waals surface area contributed by atoms with Crippen molar-refractivity contribution in [2.24, 2.45) is 5.92 Å². The van der Waals surface area contributed by atoms with E-state index in [1.54, 1.807) is 30.0 Å². The average Bonchev–Trinajstić information content (AvgIpc) is 2.95. The van der Waals surface area contributed by atoms with Crippen LogP contribution in [0.5, 0.6) is 5.75 Å². The van der Waals surface area contributed by atoms with E-state index < -0.39 is 17.8 Å². The Hall–Kier alpha value is -3.89. The second-order valence-electron chi connectivity index (χ2n) is 10.9. The summed E-state index contributed by atoms with van der Waals surface area (Å²) < 4.78 is 45.3. The second-order valence-corrected chi connectivity index (χ2v) is 10.9. The summed E-state index contributed by atoms with van der Waals surface area (Å²) in [5.74, 6) is -0.307. The van der Waals surface area contributed by atoms with Crippen molar-refractivity contribution in [3.8, 4) is 5.75 Å². The Morgan fingerprint density at radius 3 is 2.43 bits per heavy atom. The van der Waals surface area contributed by atoms with E-state index in [0.29, 0.717) is 31.1 Å². The quantitative estimate of drug-likeness (QED) is 0.360. The summed E-state index contributed by atoms with van der Waals surface area (Å²) in [5, 5.41) is 12.8. The van der Waals surface area contributed by atoms with Crippen LogP contribution in [0.3, 0.4) is 0 Å². The van der Waals surface area contributed by atoms with Gasteiger partial charge in [-0.3, -0.25) is 14.5 Å². The van der Waals surface area contributed by atoms with Crippen LogP contribution in [0.25, 0.3) is 0 Å². The molecule has 4 rings (SSSR count). The van der Waals surface area contributed by atoms with Crippen molar-refractivity contribution in [1.82, 2.24) is 9.80 Å². The minimum absolute atomic E-state index is 0.128. The molecule has 0 radical (unpaired) electrons. The van der Waals surface area contributed by atoms with E-state index >= 15 is 0 Å². The first-order chi connectivity index (χ1) is 19.9. The fourth-order valence-corrected chi connectivity index (χ4v) is 4.99. The Labute approximate surface area is 243 Å². The van der Waals surface area contributed by atoms with E-state index in [-0.39, 0.29) is 42.4 Å². The fraction of sp³-hybridized carbons (Fsp3) is 0.375. The molecule has 10 heteroatoms. The number of halogens is 3. The van der Waals surface area contributed by atoms with Gasteiger partial charge in [-0.1, -0.05) is 49.4 Å². The molecule has 3 atom stereocenters. The van der Waals surface area contributed by atoms with Gasteiger partial charge in [-0.05, 0) is 55.4 Å². The van der Waals surface area contributed by atoms with Gasteiger partial charge in [0.15, 0.2) is 0 Å². The van der Waals surface area contributed by atoms with Crippen molar-refractivity contribution in [3.05, 3.63) is 95.1 Å². The molecular formula is C32H36F3N3O4. The van der Waals surface area contributed by atoms with Crippen LogP contribution < -0.4 is 10.1 Å². The Balaban J connectivity index is 1.53. The molecule has 0 bridgehead atoms. The highest BCUT2D eigenvalue weighted by Crippen LogP contribution is 2.32. The van der Waals surface area contributed by atoms with Gasteiger partial charge in [-0.15, -0.1) is 0 Å². The van der Waals surface area contributed by atoms with Crippen molar-refractivity contribution in [2.75, 3.05) is 32.1 Å². The number of aliphatic hydroxyl groups excluding tert-OH is 1. The number of benzene rings is 3. The van der Waals surface area contributed by atoms with Gasteiger partial charge in [0, 0.05) is 31.2 Å². The number of ether oxygens (including phenoxy) is 1. The molecule has 0 unspecified atom stereocenters. The third-order valence-corrected chi connectivity index (χ3v) is 7.38. The first-order valence-electron chi connectivity index (χ1n) is 13.9. The molecular weight excluding hydrogens is 547 g/mol. The van der Waals surface area contributed by atoms with Crippen molar-refractivity contribution >= 4 is 17.5 Å². The third kappa shape index (κ3) is 7.89. The molecule has 2 amide bonds. The molecule has 0 fully saturated rings. The maximum absolute atomic E-state index is 13.7. The van der Waals surface area contributed by atoms with Gasteiger partial charge in [0.2, 0.25) is 5.91 Å². The number of likely N-dealkylation sites (N-methyl/N-ethyl adjacent to an activating group) is 1. The topological polar surface area (TPSA) is 82.1 Å². The number of carbonyl (C=O) groups excluding carboxylic acids is 2. The van der Waals surface area contributed by atoms with Crippen molar-refractivity contribution in [2.45, 2.75) is 45.1 Å². The number of aliphatic hydroxyl groups is 1. The van der Waals surface area contributed by atoms with Crippen LogP contribution in [-0.4, -0.2) is 65.6 Å². The van der Waals surface area contributed by atoms with Crippen molar-refractivity contribution in [1.29, 1.82) is 0 Å². The van der Waals surface area contributed by atoms with Gasteiger partial charge in [0.1, 0.15) is 11.9 Å². The summed E-state index contributed by atoms with van der Waals surface area (Å²) in [5.41, 5.74) is 1.62. The highest BCUT2D eigenvalue weighted by molar-refractivity contribution is 6.00. The highest BCUT2D eigenvalue weighted by atomic mass is 19.4. The lowest BCUT2D eigenvalue weighted by atomic mass is 9.99. The van der Waals surface area contributed by atoms with Crippen LogP contribution >= 0.6 is 0 Å². The summed E-state index contributed by atoms with van der Waals surface area (Å²) in [6, 6.07) is 18.9. The van der Waals surface area contributed by atoms with Gasteiger partial charge < -0.3 is 20.1 Å². The van der Waals surface area contributed by atoms with Crippen molar-refractivity contribution < 1.29 is 32.6 Å². The molecule has 42 heavy (non-hydrogen) atoms. The molecule has 1 heterocycles. The maximum Gasteiger partial charge on any atom is 0.416 e. The maximum atomic E-state index is 13.7. The van der Waals surface area contributed by atoms with Gasteiger partial charge in [-0.25, -0.2) is 0 Å². The average molecular weight is 584 g/mol. The molecule has 2 N–H and O–H groups in total. The summed E-state index contributed by atoms with van der Waals surface area (Å²) in [7, 11) is 1.86. The van der Waals surface area contributed by atoms with Gasteiger partial charge >= 0.3 is 6.18 Å². The molecule has 0 saturated heterocycles. The van der Waals surface area contributed by atoms with Crippen LogP contribution in [0.2, 0.25) is 0 Å². The predicted octanol–water partition coefficient (Wildman–Crippen LogP) is 5.24. The van der Waals surface area contributed by atoms with E-state index in [9.17, 15) is 27.9 Å². The Morgan fingerprint density at radius 1 is 1.10 bits per heavy atom. The molecule has 0 aromatic heterocycles. The van der Waals surface area contributed by atoms with Crippen LogP contribution in [0.4, 0.5) is 18.9 Å². The number of nitrogens with one attached hydrogen (secondary N) is 1. The number of amides is 2. The summed E-state index contributed by atoms with van der Waals surface area (Å²) in [6.45, 7) is 4.67. The minimum Gasteiger partial charge on any atom is -0.488 e. The zero-order chi connectivity index (χ0) is 30.4. The van der Waals surface area contributed by atoms with Crippen LogP contribution in [0.15, 0.2) is 72.8 Å². The Kier molecular flexibility index (Phi) is 9.90. The number of alkyl halides is 3. The third-order valence-electron chi connectivity index (χ3n) is 7.38. The number of hydrogen-bond acceptors (Lipinski definition) is 5. The molecule has 1 aliphatic heterocycles. The molecule has 7 nitrogen and oxygen atoms in total. The number of nitrogens with zero attached hydrogens (tertiary/aromatic N) is 2. The standard InChI is InChI=1S/C32H36F3N3O4/c1-21-17-38(22(2)20-39)31(41)27-16-26(36-30(40)15-23-7-5-4-6-8-23)13-14-28(27)42-29(21)19-37(3)18-24-9-11-25(12-10-24)32(33,34)35/h4-14,16,21-22,29,39H,15,17-20H2,1-3H3,(H,36,40)/t21-,22+,29+/m1/s1. The number of fused-ring (bicyclic) bond motifs is 1. The largest absolute Gasteiger partial charge is 0.488 e. The number of hydrogen-bond donors (Lipinski definition) is 2. The number of carbonyl (C=O) groups is 2. The summed E-state index contributed by atoms with van der Waals surface area (Å²) >= 11 is 0. The summed E-state index contributed by atoms with van der Waals surface area (Å²) in [6.07, 6.45) is -4.58. The second kappa shape index (κ2) is 13.4. The molecule has 0 aliphatic carbocycles. The zero-order valence-electron chi connectivity index (χ0n) is 23.9. The lowest BCUT2D eigenvalue weighted by molar-refractivity contribution is -0.137. The first kappa shape index (κ1) is 31.1. The zero-order valence-corrected chi connectivity index (χ0v) is 23.9. The number of anilines is 1. The SMILES string of the molecule is C[C@@H]1CN([C@@H](C)CO)C(=O)c2cc(NC(=O)Cc3ccccc3)ccc2O[C@H]1CN(C)Cc1ccc(C(F)(F)F)cc1. The van der Waals surface area contributed by atoms with Crippen LogP contribution in [0, 0.1) is 5.92 Å². The smallest absolute Gasteiger partial charge is 0.416 e. The molecule has 3 aromatic carbocycles. The van der Waals surface area contributed by atoms with Crippen LogP contribution in [0.1, 0.15) is 40.9 Å². The van der Waals surface area contributed by atoms with E-state index in [1.165, 1.54) is 12.1 Å². The lowest BCUT2D eigenvalue weighted by Gasteiger charge is -2.38. The molecule has 0 spiro atoms. The summed E-state index contributed by atoms with van der Waals surface area (Å²) in [4.78, 5) is 29.9. The van der Waals surface area contributed by atoms with Gasteiger partial charge in [-0.2, -0.15) is 13.2 Å². The minimum atomic E-state index is -4.39. The number of rotatable bonds is 9. The van der Waals surface area contributed by atoms with E-state index in [0.717, 1.165) is 23.3 Å². The van der Waals surface area contributed by atoms with E-state index in [1.807, 2.05) is 49.2 Å². The van der Waals surface area contributed by atoms with Crippen LogP contribution in [-0.2, 0) is 23.9 Å². The lowest BCUT2D eigenvalue weighted by Crippen LogP contribution is -2.49. The highest BCUT2D eigenvalue weighted by Gasteiger charge is 2.34.